The number of benzene rings is 2. The molecule has 0 radical (unpaired) electrons. The summed E-state index contributed by atoms with van der Waals surface area (Å²) in [5.74, 6) is -0.134. The highest BCUT2D eigenvalue weighted by Gasteiger charge is 2.09. The summed E-state index contributed by atoms with van der Waals surface area (Å²) in [7, 11) is 0. The van der Waals surface area contributed by atoms with Crippen LogP contribution in [-0.2, 0) is 0 Å². The minimum absolute atomic E-state index is 0.134. The van der Waals surface area contributed by atoms with Crippen LogP contribution in [0, 0.1) is 0 Å². The standard InChI is InChI=1S/C21H15N3OS/c25-21(17-6-1-5-16(10-17)20-8-3-9-26-20)24-19-7-2-4-15(11-19)18-12-22-14-23-13-18/h1-14H,(H,24,25). The lowest BCUT2D eigenvalue weighted by atomic mass is 10.1. The van der Waals surface area contributed by atoms with E-state index in [1.165, 1.54) is 6.33 Å². The number of nitrogens with one attached hydrogen (secondary N) is 1. The van der Waals surface area contributed by atoms with Crippen molar-refractivity contribution in [2.24, 2.45) is 0 Å². The molecule has 0 bridgehead atoms. The minimum atomic E-state index is -0.134. The van der Waals surface area contributed by atoms with Crippen molar-refractivity contribution >= 4 is 22.9 Å². The third kappa shape index (κ3) is 3.53. The fourth-order valence-corrected chi connectivity index (χ4v) is 3.41. The van der Waals surface area contributed by atoms with Crippen molar-refractivity contribution in [3.63, 3.8) is 0 Å². The highest BCUT2D eigenvalue weighted by Crippen LogP contribution is 2.26. The molecule has 4 aromatic rings. The lowest BCUT2D eigenvalue weighted by Crippen LogP contribution is -2.11. The van der Waals surface area contributed by atoms with E-state index in [2.05, 4.69) is 15.3 Å². The van der Waals surface area contributed by atoms with Crippen LogP contribution in [0.3, 0.4) is 0 Å². The number of hydrogen-bond donors (Lipinski definition) is 1. The van der Waals surface area contributed by atoms with Gasteiger partial charge in [0.25, 0.3) is 5.91 Å². The van der Waals surface area contributed by atoms with E-state index >= 15 is 0 Å². The van der Waals surface area contributed by atoms with E-state index in [9.17, 15) is 4.79 Å². The first kappa shape index (κ1) is 16.2. The van der Waals surface area contributed by atoms with Gasteiger partial charge < -0.3 is 5.32 Å². The van der Waals surface area contributed by atoms with Gasteiger partial charge in [0.1, 0.15) is 6.33 Å². The quantitative estimate of drug-likeness (QED) is 0.551. The topological polar surface area (TPSA) is 54.9 Å². The molecule has 0 fully saturated rings. The van der Waals surface area contributed by atoms with E-state index in [1.807, 2.05) is 66.0 Å². The molecule has 0 aliphatic rings. The minimum Gasteiger partial charge on any atom is -0.322 e. The second-order valence-electron chi connectivity index (χ2n) is 5.72. The molecule has 1 amide bonds. The molecular weight excluding hydrogens is 342 g/mol. The first-order valence-electron chi connectivity index (χ1n) is 8.10. The summed E-state index contributed by atoms with van der Waals surface area (Å²) in [6.07, 6.45) is 4.99. The molecule has 2 aromatic carbocycles. The van der Waals surface area contributed by atoms with Gasteiger partial charge >= 0.3 is 0 Å². The van der Waals surface area contributed by atoms with E-state index in [-0.39, 0.29) is 5.91 Å². The van der Waals surface area contributed by atoms with Gasteiger partial charge in [-0.05, 0) is 46.8 Å². The van der Waals surface area contributed by atoms with Gasteiger partial charge in [-0.25, -0.2) is 9.97 Å². The lowest BCUT2D eigenvalue weighted by molar-refractivity contribution is 0.102. The summed E-state index contributed by atoms with van der Waals surface area (Å²) in [6, 6.07) is 19.4. The van der Waals surface area contributed by atoms with Gasteiger partial charge in [-0.2, -0.15) is 0 Å². The number of aromatic nitrogens is 2. The second-order valence-corrected chi connectivity index (χ2v) is 6.67. The zero-order valence-electron chi connectivity index (χ0n) is 13.8. The number of rotatable bonds is 4. The van der Waals surface area contributed by atoms with Crippen molar-refractivity contribution in [1.29, 1.82) is 0 Å². The van der Waals surface area contributed by atoms with Crippen molar-refractivity contribution in [1.82, 2.24) is 9.97 Å². The van der Waals surface area contributed by atoms with Crippen LogP contribution < -0.4 is 5.32 Å². The van der Waals surface area contributed by atoms with Gasteiger partial charge in [-0.15, -0.1) is 11.3 Å². The number of anilines is 1. The summed E-state index contributed by atoms with van der Waals surface area (Å²) in [5.41, 5.74) is 4.27. The van der Waals surface area contributed by atoms with Crippen molar-refractivity contribution in [2.75, 3.05) is 5.32 Å². The Morgan fingerprint density at radius 2 is 1.65 bits per heavy atom. The predicted octanol–water partition coefficient (Wildman–Crippen LogP) is 5.12. The molecule has 2 heterocycles. The third-order valence-electron chi connectivity index (χ3n) is 3.94. The normalized spacial score (nSPS) is 10.5. The smallest absolute Gasteiger partial charge is 0.255 e. The molecular formula is C21H15N3OS. The number of amides is 1. The van der Waals surface area contributed by atoms with Gasteiger partial charge in [0, 0.05) is 34.1 Å². The molecule has 4 rings (SSSR count). The van der Waals surface area contributed by atoms with Crippen LogP contribution in [0.25, 0.3) is 21.6 Å². The number of carbonyl (C=O) groups excluding carboxylic acids is 1. The summed E-state index contributed by atoms with van der Waals surface area (Å²) >= 11 is 1.66. The van der Waals surface area contributed by atoms with Crippen molar-refractivity contribution < 1.29 is 4.79 Å². The molecule has 4 nitrogen and oxygen atoms in total. The molecule has 26 heavy (non-hydrogen) atoms. The van der Waals surface area contributed by atoms with E-state index in [1.54, 1.807) is 23.7 Å². The van der Waals surface area contributed by atoms with Crippen LogP contribution in [-0.4, -0.2) is 15.9 Å². The monoisotopic (exact) mass is 357 g/mol. The van der Waals surface area contributed by atoms with Crippen LogP contribution >= 0.6 is 11.3 Å². The SMILES string of the molecule is O=C(Nc1cccc(-c2cncnc2)c1)c1cccc(-c2cccs2)c1. The zero-order chi connectivity index (χ0) is 17.8. The molecule has 0 aliphatic heterocycles. The van der Waals surface area contributed by atoms with Gasteiger partial charge in [0.15, 0.2) is 0 Å². The molecule has 0 spiro atoms. The Labute approximate surface area is 155 Å². The van der Waals surface area contributed by atoms with E-state index < -0.39 is 0 Å². The highest BCUT2D eigenvalue weighted by molar-refractivity contribution is 7.13. The average molecular weight is 357 g/mol. The van der Waals surface area contributed by atoms with Crippen molar-refractivity contribution in [2.45, 2.75) is 0 Å². The maximum absolute atomic E-state index is 12.7. The number of nitrogens with zero attached hydrogens (tertiary/aromatic N) is 2. The molecule has 0 atom stereocenters. The highest BCUT2D eigenvalue weighted by atomic mass is 32.1. The molecule has 0 saturated carbocycles. The third-order valence-corrected chi connectivity index (χ3v) is 4.86. The molecule has 126 valence electrons. The Morgan fingerprint density at radius 1 is 0.846 bits per heavy atom. The van der Waals surface area contributed by atoms with E-state index in [0.29, 0.717) is 5.56 Å². The summed E-state index contributed by atoms with van der Waals surface area (Å²) in [6.45, 7) is 0. The summed E-state index contributed by atoms with van der Waals surface area (Å²) in [5, 5.41) is 4.99. The first-order chi connectivity index (χ1) is 12.8. The maximum Gasteiger partial charge on any atom is 0.255 e. The number of carbonyl (C=O) groups is 1. The van der Waals surface area contributed by atoms with Crippen LogP contribution in [0.1, 0.15) is 10.4 Å². The molecule has 0 saturated heterocycles. The van der Waals surface area contributed by atoms with Gasteiger partial charge in [0.05, 0.1) is 0 Å². The first-order valence-corrected chi connectivity index (χ1v) is 8.98. The Kier molecular flexibility index (Phi) is 4.53. The Morgan fingerprint density at radius 3 is 2.46 bits per heavy atom. The second kappa shape index (κ2) is 7.29. The van der Waals surface area contributed by atoms with Gasteiger partial charge in [0.2, 0.25) is 0 Å². The average Bonchev–Trinajstić information content (AvgIpc) is 3.24. The van der Waals surface area contributed by atoms with Crippen LogP contribution in [0.5, 0.6) is 0 Å². The van der Waals surface area contributed by atoms with Crippen molar-refractivity contribution in [3.05, 3.63) is 90.3 Å². The summed E-state index contributed by atoms with van der Waals surface area (Å²) in [4.78, 5) is 21.9. The van der Waals surface area contributed by atoms with Crippen LogP contribution in [0.4, 0.5) is 5.69 Å². The lowest BCUT2D eigenvalue weighted by Gasteiger charge is -2.08. The molecule has 0 unspecified atom stereocenters. The fourth-order valence-electron chi connectivity index (χ4n) is 2.68. The molecule has 5 heteroatoms. The van der Waals surface area contributed by atoms with E-state index in [4.69, 9.17) is 0 Å². The zero-order valence-corrected chi connectivity index (χ0v) is 14.6. The van der Waals surface area contributed by atoms with Gasteiger partial charge in [-0.3, -0.25) is 4.79 Å². The van der Waals surface area contributed by atoms with E-state index in [0.717, 1.165) is 27.3 Å². The van der Waals surface area contributed by atoms with Crippen molar-refractivity contribution in [3.8, 4) is 21.6 Å². The van der Waals surface area contributed by atoms with Crippen LogP contribution in [0.2, 0.25) is 0 Å². The Balaban J connectivity index is 1.56. The number of thiophene rings is 1. The van der Waals surface area contributed by atoms with Gasteiger partial charge in [-0.1, -0.05) is 30.3 Å². The molecule has 2 aromatic heterocycles. The number of hydrogen-bond acceptors (Lipinski definition) is 4. The van der Waals surface area contributed by atoms with Crippen LogP contribution in [0.15, 0.2) is 84.8 Å². The largest absolute Gasteiger partial charge is 0.322 e. The Bertz CT molecular complexity index is 1030. The maximum atomic E-state index is 12.7. The Hall–Kier alpha value is -3.31. The molecule has 1 N–H and O–H groups in total. The fraction of sp³-hybridized carbons (Fsp3) is 0. The molecule has 0 aliphatic carbocycles. The summed E-state index contributed by atoms with van der Waals surface area (Å²) < 4.78 is 0. The predicted molar refractivity (Wildman–Crippen MR) is 105 cm³/mol.